The Kier molecular flexibility index (Phi) is 5.59. The maximum absolute atomic E-state index is 13.8. The van der Waals surface area contributed by atoms with Crippen molar-refractivity contribution in [1.82, 2.24) is 10.3 Å². The van der Waals surface area contributed by atoms with E-state index >= 15 is 0 Å². The van der Waals surface area contributed by atoms with E-state index in [0.29, 0.717) is 29.2 Å². The molecule has 1 heterocycles. The van der Waals surface area contributed by atoms with Crippen molar-refractivity contribution in [3.8, 4) is 0 Å². The summed E-state index contributed by atoms with van der Waals surface area (Å²) in [4.78, 5) is 30.4. The average Bonchev–Trinajstić information content (AvgIpc) is 3.28. The van der Waals surface area contributed by atoms with Crippen LogP contribution in [0.15, 0.2) is 42.5 Å². The molecule has 1 atom stereocenters. The lowest BCUT2D eigenvalue weighted by atomic mass is 10.1. The first-order valence-corrected chi connectivity index (χ1v) is 10.3. The zero-order valence-corrected chi connectivity index (χ0v) is 17.0. The Labute approximate surface area is 176 Å². The molecule has 1 aromatic heterocycles. The summed E-state index contributed by atoms with van der Waals surface area (Å²) in [5.74, 6) is -2.50. The van der Waals surface area contributed by atoms with Crippen molar-refractivity contribution in [3.63, 3.8) is 0 Å². The average molecular weight is 427 g/mol. The second-order valence-corrected chi connectivity index (χ2v) is 8.24. The van der Waals surface area contributed by atoms with Crippen LogP contribution >= 0.6 is 11.3 Å². The fourth-order valence-electron chi connectivity index (χ4n) is 3.41. The molecular formula is C22H19F2N3O2S. The second kappa shape index (κ2) is 8.31. The van der Waals surface area contributed by atoms with Gasteiger partial charge in [-0.15, -0.1) is 11.3 Å². The number of anilines is 1. The van der Waals surface area contributed by atoms with Crippen molar-refractivity contribution in [3.05, 3.63) is 81.4 Å². The van der Waals surface area contributed by atoms with E-state index in [1.165, 1.54) is 17.4 Å². The highest BCUT2D eigenvalue weighted by Gasteiger charge is 2.33. The molecule has 0 saturated heterocycles. The first-order chi connectivity index (χ1) is 14.4. The van der Waals surface area contributed by atoms with Gasteiger partial charge in [-0.2, -0.15) is 0 Å². The number of aryl methyl sites for hydroxylation is 2. The highest BCUT2D eigenvalue weighted by Crippen LogP contribution is 2.38. The Balaban J connectivity index is 1.43. The van der Waals surface area contributed by atoms with Crippen molar-refractivity contribution in [2.24, 2.45) is 0 Å². The van der Waals surface area contributed by atoms with E-state index in [4.69, 9.17) is 0 Å². The summed E-state index contributed by atoms with van der Waals surface area (Å²) in [5.41, 5.74) is 2.03. The van der Waals surface area contributed by atoms with Gasteiger partial charge in [0.25, 0.3) is 5.91 Å². The predicted molar refractivity (Wildman–Crippen MR) is 111 cm³/mol. The van der Waals surface area contributed by atoms with Crippen LogP contribution in [-0.2, 0) is 17.8 Å². The number of carbonyl (C=O) groups is 2. The molecule has 1 aliphatic carbocycles. The third kappa shape index (κ3) is 4.09. The minimum atomic E-state index is -0.697. The minimum absolute atomic E-state index is 0.173. The van der Waals surface area contributed by atoms with E-state index in [9.17, 15) is 18.4 Å². The lowest BCUT2D eigenvalue weighted by molar-refractivity contribution is -0.122. The Bertz CT molecular complexity index is 1090. The topological polar surface area (TPSA) is 71.1 Å². The van der Waals surface area contributed by atoms with Crippen molar-refractivity contribution < 1.29 is 18.4 Å². The van der Waals surface area contributed by atoms with E-state index in [2.05, 4.69) is 15.6 Å². The molecule has 0 bridgehead atoms. The Hall–Kier alpha value is -3.13. The van der Waals surface area contributed by atoms with Crippen LogP contribution in [0.25, 0.3) is 0 Å². The van der Waals surface area contributed by atoms with Crippen LogP contribution < -0.4 is 10.6 Å². The molecule has 0 saturated carbocycles. The number of halogens is 2. The molecule has 154 valence electrons. The SMILES string of the molecule is Cc1ccc(C(=O)Nc2nc3c(s2)CC[C@H]3C(=O)NCc2c(F)cccc2F)cc1. The third-order valence-electron chi connectivity index (χ3n) is 5.07. The number of fused-ring (bicyclic) bond motifs is 1. The second-order valence-electron chi connectivity index (χ2n) is 7.16. The first kappa shape index (κ1) is 20.2. The largest absolute Gasteiger partial charge is 0.351 e. The minimum Gasteiger partial charge on any atom is -0.351 e. The van der Waals surface area contributed by atoms with Gasteiger partial charge in [0.2, 0.25) is 5.91 Å². The van der Waals surface area contributed by atoms with Crippen molar-refractivity contribution in [1.29, 1.82) is 0 Å². The van der Waals surface area contributed by atoms with Crippen LogP contribution in [0, 0.1) is 18.6 Å². The Morgan fingerprint density at radius 2 is 1.83 bits per heavy atom. The molecule has 4 rings (SSSR count). The number of hydrogen-bond acceptors (Lipinski definition) is 4. The Morgan fingerprint density at radius 1 is 1.13 bits per heavy atom. The van der Waals surface area contributed by atoms with Crippen LogP contribution in [0.5, 0.6) is 0 Å². The van der Waals surface area contributed by atoms with Gasteiger partial charge in [-0.1, -0.05) is 23.8 Å². The van der Waals surface area contributed by atoms with E-state index in [1.807, 2.05) is 19.1 Å². The van der Waals surface area contributed by atoms with Gasteiger partial charge in [0, 0.05) is 22.5 Å². The molecule has 3 aromatic rings. The molecule has 0 spiro atoms. The molecule has 5 nitrogen and oxygen atoms in total. The standard InChI is InChI=1S/C22H19F2N3O2S/c1-12-5-7-13(8-6-12)20(28)27-22-26-19-14(9-10-18(19)30-22)21(29)25-11-15-16(23)3-2-4-17(15)24/h2-8,14H,9-11H2,1H3,(H,25,29)(H,26,27,28)/t14-/m1/s1. The van der Waals surface area contributed by atoms with E-state index in [-0.39, 0.29) is 23.9 Å². The van der Waals surface area contributed by atoms with E-state index < -0.39 is 17.6 Å². The molecule has 0 aliphatic heterocycles. The summed E-state index contributed by atoms with van der Waals surface area (Å²) in [7, 11) is 0. The fraction of sp³-hybridized carbons (Fsp3) is 0.227. The van der Waals surface area contributed by atoms with Crippen LogP contribution in [-0.4, -0.2) is 16.8 Å². The maximum Gasteiger partial charge on any atom is 0.257 e. The van der Waals surface area contributed by atoms with Crippen LogP contribution in [0.1, 0.15) is 44.4 Å². The number of hydrogen-bond donors (Lipinski definition) is 2. The van der Waals surface area contributed by atoms with Crippen molar-refractivity contribution in [2.75, 3.05) is 5.32 Å². The monoisotopic (exact) mass is 427 g/mol. The zero-order chi connectivity index (χ0) is 21.3. The summed E-state index contributed by atoms with van der Waals surface area (Å²) in [6, 6.07) is 10.8. The molecule has 2 amide bonds. The smallest absolute Gasteiger partial charge is 0.257 e. The number of rotatable bonds is 5. The number of aromatic nitrogens is 1. The van der Waals surface area contributed by atoms with Gasteiger partial charge in [0.15, 0.2) is 5.13 Å². The number of benzene rings is 2. The summed E-state index contributed by atoms with van der Waals surface area (Å²) in [6.45, 7) is 1.71. The lowest BCUT2D eigenvalue weighted by Crippen LogP contribution is -2.29. The molecule has 0 fully saturated rings. The van der Waals surface area contributed by atoms with Crippen LogP contribution in [0.3, 0.4) is 0 Å². The quantitative estimate of drug-likeness (QED) is 0.637. The summed E-state index contributed by atoms with van der Waals surface area (Å²) < 4.78 is 27.5. The zero-order valence-electron chi connectivity index (χ0n) is 16.2. The fourth-order valence-corrected chi connectivity index (χ4v) is 4.44. The number of thiazole rings is 1. The molecule has 30 heavy (non-hydrogen) atoms. The molecule has 0 radical (unpaired) electrons. The van der Waals surface area contributed by atoms with E-state index in [1.54, 1.807) is 12.1 Å². The molecule has 2 aromatic carbocycles. The lowest BCUT2D eigenvalue weighted by Gasteiger charge is -2.11. The predicted octanol–water partition coefficient (Wildman–Crippen LogP) is 4.33. The van der Waals surface area contributed by atoms with Gasteiger partial charge in [-0.25, -0.2) is 13.8 Å². The summed E-state index contributed by atoms with van der Waals surface area (Å²) >= 11 is 1.35. The van der Waals surface area contributed by atoms with Crippen LogP contribution in [0.2, 0.25) is 0 Å². The van der Waals surface area contributed by atoms with Crippen LogP contribution in [0.4, 0.5) is 13.9 Å². The molecule has 0 unspecified atom stereocenters. The molecular weight excluding hydrogens is 408 g/mol. The number of nitrogens with zero attached hydrogens (tertiary/aromatic N) is 1. The number of amides is 2. The summed E-state index contributed by atoms with van der Waals surface area (Å²) in [5, 5.41) is 5.81. The highest BCUT2D eigenvalue weighted by atomic mass is 32.1. The summed E-state index contributed by atoms with van der Waals surface area (Å²) in [6.07, 6.45) is 1.24. The van der Waals surface area contributed by atoms with E-state index in [0.717, 1.165) is 22.6 Å². The molecule has 2 N–H and O–H groups in total. The Morgan fingerprint density at radius 3 is 2.53 bits per heavy atom. The van der Waals surface area contributed by atoms with Gasteiger partial charge >= 0.3 is 0 Å². The first-order valence-electron chi connectivity index (χ1n) is 9.50. The van der Waals surface area contributed by atoms with Gasteiger partial charge in [0.1, 0.15) is 11.6 Å². The van der Waals surface area contributed by atoms with Gasteiger partial charge in [-0.05, 0) is 44.0 Å². The number of carbonyl (C=O) groups excluding carboxylic acids is 2. The number of nitrogens with one attached hydrogen (secondary N) is 2. The van der Waals surface area contributed by atoms with Crippen molar-refractivity contribution >= 4 is 28.3 Å². The van der Waals surface area contributed by atoms with Gasteiger partial charge < -0.3 is 5.32 Å². The van der Waals surface area contributed by atoms with Gasteiger partial charge in [-0.3, -0.25) is 14.9 Å². The highest BCUT2D eigenvalue weighted by molar-refractivity contribution is 7.16. The normalized spacial score (nSPS) is 15.0. The maximum atomic E-state index is 13.8. The van der Waals surface area contributed by atoms with Gasteiger partial charge in [0.05, 0.1) is 11.6 Å². The molecule has 1 aliphatic rings. The third-order valence-corrected chi connectivity index (χ3v) is 6.12. The molecule has 8 heteroatoms. The van der Waals surface area contributed by atoms with Crippen molar-refractivity contribution in [2.45, 2.75) is 32.2 Å².